The summed E-state index contributed by atoms with van der Waals surface area (Å²) in [5, 5.41) is 37.6. The second-order valence-corrected chi connectivity index (χ2v) is 29.5. The molecule has 3 aromatic rings. The van der Waals surface area contributed by atoms with Gasteiger partial charge in [-0.25, -0.2) is 4.98 Å². The van der Waals surface area contributed by atoms with Gasteiger partial charge >= 0.3 is 0 Å². The van der Waals surface area contributed by atoms with E-state index in [1.54, 1.807) is 58.2 Å². The number of imidazole rings is 1. The van der Waals surface area contributed by atoms with Crippen LogP contribution < -0.4 is 109 Å². The number of benzene rings is 1. The van der Waals surface area contributed by atoms with E-state index in [1.807, 2.05) is 27.7 Å². The van der Waals surface area contributed by atoms with Gasteiger partial charge in [0, 0.05) is 73.8 Å². The SMILES string of the molecule is CC(C)C[C@@H](CN[C@@H](CC(C)C)C(N)=O)NC(=O)[C@H](Cc1cnc[nH]1)NC(=O)CNC(=O)[C@@H](NC(=O)[C@H](C)NC(=O)[C@H](Cc1c[nH]c2ccccc12)NC(=O)[C@H](CCC(N)=O)NC(=O)[C@H](CC(N)=O)NC(=O)CNC(=O)[C@H](CC(C)C)NC(=O)[C@H](CCCN=C(N)N)NC(=O)[C@H](CCC(N)=O)NC(=O)[C@@H]1CCCN1)C(C)C. The number of hydrogen-bond acceptors (Lipinski definition) is 20. The first-order valence-corrected chi connectivity index (χ1v) is 37.6. The van der Waals surface area contributed by atoms with Gasteiger partial charge < -0.3 is 119 Å². The molecule has 1 aliphatic heterocycles. The third-order valence-corrected chi connectivity index (χ3v) is 17.9. The van der Waals surface area contributed by atoms with Crippen LogP contribution in [0.4, 0.5) is 0 Å². The second-order valence-electron chi connectivity index (χ2n) is 29.5. The Labute approximate surface area is 649 Å². The van der Waals surface area contributed by atoms with Crippen molar-refractivity contribution in [3.05, 3.63) is 54.2 Å². The zero-order chi connectivity index (χ0) is 83.5. The standard InChI is InChI=1S/C72H116N24O16/c1-36(2)24-43(32-83-50(61(76)102)25-37(3)4)88-69(110)53(28-42-31-79-35-86-42)89-59(101)34-85-71(112)60(39(7)8)96-62(103)40(9)87-68(109)52(27-41-30-82-45-15-11-10-14-44(41)45)95-67(108)49(19-21-56(74)98)93-70(111)54(29-57(75)99)90-58(100)33-84-63(104)51(26-38(5)6)94-65(106)47(17-13-23-81-72(77)78)91-66(107)48(18-20-55(73)97)92-64(105)46-16-12-22-80-46/h10-11,14-15,30-31,35-40,43,46-54,60,80,82-83H,12-13,16-29,32-34H2,1-9H3,(H2,73,97)(H2,74,98)(H2,75,99)(H2,76,102)(H,79,86)(H,84,104)(H,85,112)(H,87,109)(H,88,110)(H,89,101)(H,90,100)(H,91,107)(H,92,105)(H,93,111)(H,94,106)(H,95,108)(H,96,103)(H4,77,78,81)/t40-,43-,46-,47-,48-,49-,50-,51-,52-,53-,54-,60-/m0/s1. The molecule has 2 aromatic heterocycles. The number of amides is 16. The zero-order valence-corrected chi connectivity index (χ0v) is 65.1. The lowest BCUT2D eigenvalue weighted by atomic mass is 10.0. The van der Waals surface area contributed by atoms with Crippen molar-refractivity contribution < 1.29 is 76.7 Å². The van der Waals surface area contributed by atoms with Gasteiger partial charge in [0.1, 0.15) is 54.4 Å². The Bertz CT molecular complexity index is 3740. The Kier molecular flexibility index (Phi) is 39.1. The first-order valence-electron chi connectivity index (χ1n) is 37.6. The lowest BCUT2D eigenvalue weighted by Gasteiger charge is -2.27. The number of rotatable bonds is 51. The lowest BCUT2D eigenvalue weighted by Crippen LogP contribution is -2.60. The Hall–Kier alpha value is -11.3. The quantitative estimate of drug-likeness (QED) is 0.0142. The highest BCUT2D eigenvalue weighted by Gasteiger charge is 2.37. The number of hydrogen-bond donors (Lipinski definition) is 22. The average Bonchev–Trinajstić information content (AvgIpc) is 1.67. The highest BCUT2D eigenvalue weighted by Crippen LogP contribution is 2.21. The van der Waals surface area contributed by atoms with Gasteiger partial charge in [0.05, 0.1) is 37.9 Å². The number of aliphatic imine (C=N–C) groups is 1. The van der Waals surface area contributed by atoms with E-state index < -0.39 is 205 Å². The number of guanidine groups is 1. The van der Waals surface area contributed by atoms with Crippen LogP contribution in [-0.4, -0.2) is 221 Å². The number of carbonyl (C=O) groups excluding carboxylic acids is 16. The van der Waals surface area contributed by atoms with Crippen molar-refractivity contribution in [2.75, 3.05) is 32.7 Å². The van der Waals surface area contributed by atoms with Gasteiger partial charge in [0.25, 0.3) is 0 Å². The monoisotopic (exact) mass is 1570 g/mol. The zero-order valence-electron chi connectivity index (χ0n) is 65.1. The molecule has 1 saturated heterocycles. The molecule has 0 saturated carbocycles. The lowest BCUT2D eigenvalue weighted by molar-refractivity contribution is -0.136. The molecule has 3 heterocycles. The molecular weight excluding hydrogens is 1460 g/mol. The van der Waals surface area contributed by atoms with Gasteiger partial charge in [-0.2, -0.15) is 0 Å². The second kappa shape index (κ2) is 47.0. The van der Waals surface area contributed by atoms with Gasteiger partial charge in [-0.05, 0) is 107 Å². The summed E-state index contributed by atoms with van der Waals surface area (Å²) in [6.07, 6.45) is 3.80. The number of aromatic amines is 2. The molecule has 0 bridgehead atoms. The molecule has 1 aliphatic rings. The molecule has 12 atom stereocenters. The molecule has 1 aromatic carbocycles. The van der Waals surface area contributed by atoms with Crippen LogP contribution in [-0.2, 0) is 89.6 Å². The molecule has 0 unspecified atom stereocenters. The predicted molar refractivity (Wildman–Crippen MR) is 411 cm³/mol. The summed E-state index contributed by atoms with van der Waals surface area (Å²) in [5.74, 6) is -14.9. The molecule has 620 valence electrons. The summed E-state index contributed by atoms with van der Waals surface area (Å²) in [4.78, 5) is 231. The maximum absolute atomic E-state index is 14.6. The van der Waals surface area contributed by atoms with Crippen molar-refractivity contribution in [1.82, 2.24) is 89.4 Å². The summed E-state index contributed by atoms with van der Waals surface area (Å²) in [6.45, 7) is 15.0. The van der Waals surface area contributed by atoms with Crippen LogP contribution in [0.1, 0.15) is 151 Å². The predicted octanol–water partition coefficient (Wildman–Crippen LogP) is -5.77. The van der Waals surface area contributed by atoms with Crippen molar-refractivity contribution in [2.45, 2.75) is 225 Å². The van der Waals surface area contributed by atoms with E-state index in [4.69, 9.17) is 34.4 Å². The molecular formula is C72H116N24O16. The normalized spacial score (nSPS) is 15.6. The number of primary amides is 4. The van der Waals surface area contributed by atoms with Crippen LogP contribution in [0.3, 0.4) is 0 Å². The van der Waals surface area contributed by atoms with Crippen molar-refractivity contribution in [1.29, 1.82) is 0 Å². The van der Waals surface area contributed by atoms with E-state index in [1.165, 1.54) is 19.4 Å². The fourth-order valence-corrected chi connectivity index (χ4v) is 12.2. The topological polar surface area (TPSA) is 654 Å². The van der Waals surface area contributed by atoms with E-state index in [0.29, 0.717) is 54.4 Å². The summed E-state index contributed by atoms with van der Waals surface area (Å²) >= 11 is 0. The minimum absolute atomic E-state index is 0.0137. The minimum atomic E-state index is -1.87. The average molecular weight is 1570 g/mol. The number of para-hydroxylation sites is 1. The highest BCUT2D eigenvalue weighted by atomic mass is 16.2. The molecule has 1 fully saturated rings. The van der Waals surface area contributed by atoms with Gasteiger partial charge in [-0.1, -0.05) is 73.6 Å². The molecule has 28 N–H and O–H groups in total. The van der Waals surface area contributed by atoms with Gasteiger partial charge in [-0.3, -0.25) is 81.7 Å². The van der Waals surface area contributed by atoms with Gasteiger partial charge in [0.2, 0.25) is 94.5 Å². The number of carbonyl (C=O) groups is 16. The number of nitrogens with one attached hydrogen (secondary N) is 16. The summed E-state index contributed by atoms with van der Waals surface area (Å²) in [5.41, 5.74) is 34.7. The molecule has 112 heavy (non-hydrogen) atoms. The van der Waals surface area contributed by atoms with Crippen molar-refractivity contribution >= 4 is 111 Å². The highest BCUT2D eigenvalue weighted by molar-refractivity contribution is 6.00. The van der Waals surface area contributed by atoms with E-state index in [9.17, 15) is 76.7 Å². The van der Waals surface area contributed by atoms with E-state index in [2.05, 4.69) is 94.4 Å². The van der Waals surface area contributed by atoms with E-state index >= 15 is 0 Å². The third-order valence-electron chi connectivity index (χ3n) is 17.9. The van der Waals surface area contributed by atoms with Gasteiger partial charge in [-0.15, -0.1) is 0 Å². The van der Waals surface area contributed by atoms with Gasteiger partial charge in [0.15, 0.2) is 5.96 Å². The number of fused-ring (bicyclic) bond motifs is 1. The van der Waals surface area contributed by atoms with E-state index in [0.717, 1.165) is 0 Å². The molecule has 0 spiro atoms. The molecule has 40 heteroatoms. The fourth-order valence-electron chi connectivity index (χ4n) is 12.2. The largest absolute Gasteiger partial charge is 0.370 e. The van der Waals surface area contributed by atoms with Crippen molar-refractivity contribution in [3.63, 3.8) is 0 Å². The number of nitrogens with zero attached hydrogens (tertiary/aromatic N) is 2. The fraction of sp³-hybridized carbons (Fsp3) is 0.611. The molecule has 16 amide bonds. The maximum Gasteiger partial charge on any atom is 0.243 e. The Morgan fingerprint density at radius 2 is 1.04 bits per heavy atom. The Morgan fingerprint density at radius 1 is 0.518 bits per heavy atom. The first-order chi connectivity index (χ1) is 52.8. The number of H-pyrrole nitrogens is 2. The van der Waals surface area contributed by atoms with Crippen LogP contribution in [0.25, 0.3) is 10.9 Å². The number of nitrogens with two attached hydrogens (primary N) is 6. The minimum Gasteiger partial charge on any atom is -0.370 e. The molecule has 0 radical (unpaired) electrons. The molecule has 0 aliphatic carbocycles. The third kappa shape index (κ3) is 33.9. The maximum atomic E-state index is 14.6. The van der Waals surface area contributed by atoms with Crippen LogP contribution in [0, 0.1) is 23.7 Å². The molecule has 4 rings (SSSR count). The van der Waals surface area contributed by atoms with E-state index in [-0.39, 0.29) is 81.7 Å². The molecule has 40 nitrogen and oxygen atoms in total. The van der Waals surface area contributed by atoms with Crippen molar-refractivity contribution in [3.8, 4) is 0 Å². The smallest absolute Gasteiger partial charge is 0.243 e. The first kappa shape index (κ1) is 93.1. The summed E-state index contributed by atoms with van der Waals surface area (Å²) < 4.78 is 0. The summed E-state index contributed by atoms with van der Waals surface area (Å²) in [6, 6.07) is -8.04. The summed E-state index contributed by atoms with van der Waals surface area (Å²) in [7, 11) is 0. The van der Waals surface area contributed by atoms with Crippen molar-refractivity contribution in [2.24, 2.45) is 63.1 Å². The Balaban J connectivity index is 1.50. The van der Waals surface area contributed by atoms with Crippen LogP contribution in [0.5, 0.6) is 0 Å². The Morgan fingerprint density at radius 3 is 1.59 bits per heavy atom. The van der Waals surface area contributed by atoms with Crippen LogP contribution >= 0.6 is 0 Å². The van der Waals surface area contributed by atoms with Crippen LogP contribution in [0.2, 0.25) is 0 Å². The number of aromatic nitrogens is 3. The van der Waals surface area contributed by atoms with Crippen LogP contribution in [0.15, 0.2) is 48.0 Å².